The molecule has 0 aromatic heterocycles. The molecule has 5 heteroatoms. The van der Waals surface area contributed by atoms with E-state index in [0.717, 1.165) is 10.0 Å². The van der Waals surface area contributed by atoms with Crippen molar-refractivity contribution in [3.05, 3.63) is 66.6 Å². The third kappa shape index (κ3) is 3.14. The molecule has 0 atom stereocenters. The van der Waals surface area contributed by atoms with Crippen LogP contribution < -0.4 is 0 Å². The fourth-order valence-corrected chi connectivity index (χ4v) is 3.08. The van der Waals surface area contributed by atoms with Crippen LogP contribution in [0.4, 0.5) is 0 Å². The molecule has 0 spiro atoms. The smallest absolute Gasteiger partial charge is 0.196 e. The molecule has 0 saturated carbocycles. The normalized spacial score (nSPS) is 10.6. The third-order valence-corrected chi connectivity index (χ3v) is 3.99. The molecule has 0 unspecified atom stereocenters. The number of carbonyl (C=O) groups is 1. The lowest BCUT2D eigenvalue weighted by Gasteiger charge is -2.09. The lowest BCUT2D eigenvalue weighted by atomic mass is 9.99. The fraction of sp³-hybridized carbons (Fsp3) is 0.0714. The number of halogens is 4. The standard InChI is InChI=1S/C14H8BrCl3O/c1-7-2-3-8(15)4-10(7)14(19)13-11(17)5-9(16)6-12(13)18/h2-6H,1H3. The second-order valence-corrected chi connectivity index (χ2v) is 6.20. The van der Waals surface area contributed by atoms with E-state index in [0.29, 0.717) is 10.6 Å². The number of ketones is 1. The van der Waals surface area contributed by atoms with Crippen LogP contribution in [0.25, 0.3) is 0 Å². The van der Waals surface area contributed by atoms with Crippen LogP contribution in [0.1, 0.15) is 21.5 Å². The van der Waals surface area contributed by atoms with Gasteiger partial charge in [0.2, 0.25) is 0 Å². The van der Waals surface area contributed by atoms with E-state index in [1.165, 1.54) is 12.1 Å². The molecule has 0 aliphatic rings. The summed E-state index contributed by atoms with van der Waals surface area (Å²) in [5.74, 6) is -0.217. The molecule has 19 heavy (non-hydrogen) atoms. The quantitative estimate of drug-likeness (QED) is 0.590. The lowest BCUT2D eigenvalue weighted by molar-refractivity contribution is 0.103. The van der Waals surface area contributed by atoms with Crippen molar-refractivity contribution in [2.75, 3.05) is 0 Å². The van der Waals surface area contributed by atoms with Crippen molar-refractivity contribution < 1.29 is 4.79 Å². The topological polar surface area (TPSA) is 17.1 Å². The van der Waals surface area contributed by atoms with E-state index in [1.807, 2.05) is 19.1 Å². The van der Waals surface area contributed by atoms with Gasteiger partial charge in [0.25, 0.3) is 0 Å². The first-order valence-electron chi connectivity index (χ1n) is 5.35. The Morgan fingerprint density at radius 1 is 1.05 bits per heavy atom. The Morgan fingerprint density at radius 3 is 2.21 bits per heavy atom. The summed E-state index contributed by atoms with van der Waals surface area (Å²) in [6.07, 6.45) is 0. The molecule has 2 aromatic carbocycles. The Bertz CT molecular complexity index is 645. The summed E-state index contributed by atoms with van der Waals surface area (Å²) in [5, 5.41) is 0.904. The summed E-state index contributed by atoms with van der Waals surface area (Å²) in [7, 11) is 0. The van der Waals surface area contributed by atoms with Crippen molar-refractivity contribution in [3.8, 4) is 0 Å². The number of hydrogen-bond donors (Lipinski definition) is 0. The van der Waals surface area contributed by atoms with Gasteiger partial charge in [-0.1, -0.05) is 56.8 Å². The predicted molar refractivity (Wildman–Crippen MR) is 83.8 cm³/mol. The molecule has 0 bridgehead atoms. The van der Waals surface area contributed by atoms with Gasteiger partial charge in [-0.2, -0.15) is 0 Å². The molecule has 0 amide bonds. The van der Waals surface area contributed by atoms with Crippen LogP contribution in [0.3, 0.4) is 0 Å². The zero-order valence-corrected chi connectivity index (χ0v) is 13.7. The molecule has 1 nitrogen and oxygen atoms in total. The SMILES string of the molecule is Cc1ccc(Br)cc1C(=O)c1c(Cl)cc(Cl)cc1Cl. The minimum absolute atomic E-state index is 0.217. The van der Waals surface area contributed by atoms with Gasteiger partial charge in [0.15, 0.2) is 5.78 Å². The molecular formula is C14H8BrCl3O. The van der Waals surface area contributed by atoms with Gasteiger partial charge in [0.05, 0.1) is 15.6 Å². The minimum atomic E-state index is -0.217. The number of aryl methyl sites for hydroxylation is 1. The van der Waals surface area contributed by atoms with Crippen LogP contribution in [-0.4, -0.2) is 5.78 Å². The van der Waals surface area contributed by atoms with Crippen molar-refractivity contribution in [3.63, 3.8) is 0 Å². The second kappa shape index (κ2) is 5.84. The number of carbonyl (C=O) groups excluding carboxylic acids is 1. The number of hydrogen-bond acceptors (Lipinski definition) is 1. The molecule has 0 saturated heterocycles. The van der Waals surface area contributed by atoms with Gasteiger partial charge < -0.3 is 0 Å². The summed E-state index contributed by atoms with van der Waals surface area (Å²) < 4.78 is 0.822. The zero-order valence-electron chi connectivity index (χ0n) is 9.81. The summed E-state index contributed by atoms with van der Waals surface area (Å²) in [6, 6.07) is 8.50. The van der Waals surface area contributed by atoms with Crippen molar-refractivity contribution in [1.82, 2.24) is 0 Å². The fourth-order valence-electron chi connectivity index (χ4n) is 1.73. The monoisotopic (exact) mass is 376 g/mol. The Morgan fingerprint density at radius 2 is 1.63 bits per heavy atom. The Balaban J connectivity index is 2.59. The van der Waals surface area contributed by atoms with Gasteiger partial charge in [-0.25, -0.2) is 0 Å². The Hall–Kier alpha value is -0.540. The van der Waals surface area contributed by atoms with E-state index < -0.39 is 0 Å². The van der Waals surface area contributed by atoms with E-state index in [-0.39, 0.29) is 21.4 Å². The van der Waals surface area contributed by atoms with Gasteiger partial charge in [0, 0.05) is 15.1 Å². The molecule has 0 N–H and O–H groups in total. The minimum Gasteiger partial charge on any atom is -0.288 e. The van der Waals surface area contributed by atoms with Crippen molar-refractivity contribution in [2.24, 2.45) is 0 Å². The van der Waals surface area contributed by atoms with Gasteiger partial charge in [0.1, 0.15) is 0 Å². The van der Waals surface area contributed by atoms with Gasteiger partial charge in [-0.15, -0.1) is 0 Å². The average molecular weight is 378 g/mol. The molecule has 0 radical (unpaired) electrons. The third-order valence-electron chi connectivity index (χ3n) is 2.68. The number of benzene rings is 2. The second-order valence-electron chi connectivity index (χ2n) is 4.03. The highest BCUT2D eigenvalue weighted by Gasteiger charge is 2.19. The first kappa shape index (κ1) is 14.9. The van der Waals surface area contributed by atoms with Crippen LogP contribution in [0.15, 0.2) is 34.8 Å². The largest absolute Gasteiger partial charge is 0.288 e. The van der Waals surface area contributed by atoms with E-state index in [1.54, 1.807) is 6.07 Å². The van der Waals surface area contributed by atoms with Crippen molar-refractivity contribution in [1.29, 1.82) is 0 Å². The molecule has 0 fully saturated rings. The molecule has 0 heterocycles. The van der Waals surface area contributed by atoms with E-state index in [9.17, 15) is 4.79 Å². The van der Waals surface area contributed by atoms with Crippen molar-refractivity contribution in [2.45, 2.75) is 6.92 Å². The zero-order chi connectivity index (χ0) is 14.2. The lowest BCUT2D eigenvalue weighted by Crippen LogP contribution is -2.05. The van der Waals surface area contributed by atoms with Gasteiger partial charge in [-0.3, -0.25) is 4.79 Å². The molecule has 2 aromatic rings. The van der Waals surface area contributed by atoms with E-state index in [2.05, 4.69) is 15.9 Å². The molecular weight excluding hydrogens is 370 g/mol. The highest BCUT2D eigenvalue weighted by atomic mass is 79.9. The summed E-state index contributed by atoms with van der Waals surface area (Å²) in [4.78, 5) is 12.5. The van der Waals surface area contributed by atoms with Crippen LogP contribution in [-0.2, 0) is 0 Å². The molecule has 98 valence electrons. The highest BCUT2D eigenvalue weighted by Crippen LogP contribution is 2.32. The predicted octanol–water partition coefficient (Wildman–Crippen LogP) is 5.95. The number of rotatable bonds is 2. The maximum atomic E-state index is 12.5. The highest BCUT2D eigenvalue weighted by molar-refractivity contribution is 9.10. The van der Waals surface area contributed by atoms with Gasteiger partial charge in [-0.05, 0) is 36.8 Å². The van der Waals surface area contributed by atoms with Gasteiger partial charge >= 0.3 is 0 Å². The summed E-state index contributed by atoms with van der Waals surface area (Å²) in [5.41, 5.74) is 1.68. The van der Waals surface area contributed by atoms with Crippen LogP contribution in [0.5, 0.6) is 0 Å². The molecule has 0 aliphatic carbocycles. The van der Waals surface area contributed by atoms with Crippen LogP contribution in [0.2, 0.25) is 15.1 Å². The first-order valence-corrected chi connectivity index (χ1v) is 7.28. The van der Waals surface area contributed by atoms with Crippen LogP contribution in [0, 0.1) is 6.92 Å². The Labute approximate surface area is 134 Å². The maximum Gasteiger partial charge on any atom is 0.196 e. The van der Waals surface area contributed by atoms with Crippen LogP contribution >= 0.6 is 50.7 Å². The maximum absolute atomic E-state index is 12.5. The first-order chi connectivity index (χ1) is 8.90. The molecule has 2 rings (SSSR count). The Kier molecular flexibility index (Phi) is 4.57. The summed E-state index contributed by atoms with van der Waals surface area (Å²) >= 11 is 21.3. The average Bonchev–Trinajstić information content (AvgIpc) is 2.30. The molecule has 0 aliphatic heterocycles. The van der Waals surface area contributed by atoms with Crippen molar-refractivity contribution >= 4 is 56.5 Å². The van der Waals surface area contributed by atoms with E-state index >= 15 is 0 Å². The van der Waals surface area contributed by atoms with E-state index in [4.69, 9.17) is 34.8 Å². The summed E-state index contributed by atoms with van der Waals surface area (Å²) in [6.45, 7) is 1.86.